The number of hydrogen-bond donors (Lipinski definition) is 1. The van der Waals surface area contributed by atoms with E-state index in [4.69, 9.17) is 17.3 Å². The molecule has 19 heavy (non-hydrogen) atoms. The van der Waals surface area contributed by atoms with Crippen LogP contribution in [0.25, 0.3) is 0 Å². The first kappa shape index (κ1) is 13.9. The molecule has 0 aliphatic heterocycles. The van der Waals surface area contributed by atoms with Gasteiger partial charge in [-0.15, -0.1) is 0 Å². The molecule has 0 radical (unpaired) electrons. The Bertz CT molecular complexity index is 601. The molecule has 0 saturated carbocycles. The fourth-order valence-electron chi connectivity index (χ4n) is 1.84. The van der Waals surface area contributed by atoms with Crippen molar-refractivity contribution in [1.82, 2.24) is 0 Å². The predicted molar refractivity (Wildman–Crippen MR) is 68.4 cm³/mol. The van der Waals surface area contributed by atoms with Crippen molar-refractivity contribution in [2.75, 3.05) is 0 Å². The van der Waals surface area contributed by atoms with Crippen molar-refractivity contribution in [3.05, 3.63) is 70.0 Å². The molecule has 1 atom stereocenters. The summed E-state index contributed by atoms with van der Waals surface area (Å²) in [7, 11) is 0. The van der Waals surface area contributed by atoms with Crippen molar-refractivity contribution >= 4 is 11.6 Å². The molecule has 0 aliphatic carbocycles. The molecule has 100 valence electrons. The maximum atomic E-state index is 13.6. The molecule has 5 heteroatoms. The Balaban J connectivity index is 2.23. The van der Waals surface area contributed by atoms with Gasteiger partial charge in [0.25, 0.3) is 0 Å². The lowest BCUT2D eigenvalue weighted by atomic mass is 9.99. The number of rotatable bonds is 3. The van der Waals surface area contributed by atoms with Crippen LogP contribution in [-0.4, -0.2) is 0 Å². The van der Waals surface area contributed by atoms with Crippen molar-refractivity contribution in [2.24, 2.45) is 5.73 Å². The van der Waals surface area contributed by atoms with Crippen LogP contribution in [0.15, 0.2) is 36.4 Å². The molecule has 2 aromatic carbocycles. The minimum atomic E-state index is -0.955. The summed E-state index contributed by atoms with van der Waals surface area (Å²) in [6, 6.07) is 7.27. The van der Waals surface area contributed by atoms with Crippen molar-refractivity contribution in [1.29, 1.82) is 0 Å². The van der Waals surface area contributed by atoms with Crippen LogP contribution in [0.1, 0.15) is 17.2 Å². The van der Waals surface area contributed by atoms with Gasteiger partial charge < -0.3 is 5.73 Å². The summed E-state index contributed by atoms with van der Waals surface area (Å²) >= 11 is 5.65. The zero-order valence-electron chi connectivity index (χ0n) is 9.84. The van der Waals surface area contributed by atoms with Crippen molar-refractivity contribution in [3.8, 4) is 0 Å². The third kappa shape index (κ3) is 3.08. The maximum absolute atomic E-state index is 13.6. The van der Waals surface area contributed by atoms with Gasteiger partial charge in [-0.1, -0.05) is 29.8 Å². The molecule has 1 unspecified atom stereocenters. The summed E-state index contributed by atoms with van der Waals surface area (Å²) in [6.07, 6.45) is 0.236. The molecule has 0 saturated heterocycles. The van der Waals surface area contributed by atoms with E-state index in [1.807, 2.05) is 0 Å². The molecule has 2 N–H and O–H groups in total. The van der Waals surface area contributed by atoms with Gasteiger partial charge in [0.1, 0.15) is 5.82 Å². The second kappa shape index (κ2) is 5.63. The van der Waals surface area contributed by atoms with Crippen LogP contribution in [0.4, 0.5) is 13.2 Å². The van der Waals surface area contributed by atoms with Gasteiger partial charge in [0.15, 0.2) is 11.6 Å². The van der Waals surface area contributed by atoms with Gasteiger partial charge in [-0.05, 0) is 30.2 Å². The van der Waals surface area contributed by atoms with Crippen LogP contribution >= 0.6 is 11.6 Å². The van der Waals surface area contributed by atoms with Crippen molar-refractivity contribution in [3.63, 3.8) is 0 Å². The summed E-state index contributed by atoms with van der Waals surface area (Å²) < 4.78 is 39.7. The molecule has 1 nitrogen and oxygen atoms in total. The smallest absolute Gasteiger partial charge is 0.163 e. The third-order valence-corrected chi connectivity index (χ3v) is 3.11. The number of nitrogens with two attached hydrogens (primary N) is 1. The molecule has 0 bridgehead atoms. The molecule has 0 fully saturated rings. The van der Waals surface area contributed by atoms with Crippen molar-refractivity contribution in [2.45, 2.75) is 12.5 Å². The Labute approximate surface area is 113 Å². The topological polar surface area (TPSA) is 26.0 Å². The lowest BCUT2D eigenvalue weighted by Gasteiger charge is -2.13. The number of benzene rings is 2. The molecule has 2 rings (SSSR count). The summed E-state index contributed by atoms with van der Waals surface area (Å²) in [4.78, 5) is 0. The van der Waals surface area contributed by atoms with Crippen LogP contribution in [0.2, 0.25) is 5.02 Å². The maximum Gasteiger partial charge on any atom is 0.163 e. The van der Waals surface area contributed by atoms with E-state index in [1.165, 1.54) is 30.3 Å². The lowest BCUT2D eigenvalue weighted by Crippen LogP contribution is -2.15. The highest BCUT2D eigenvalue weighted by atomic mass is 35.5. The normalized spacial score (nSPS) is 12.5. The second-order valence-electron chi connectivity index (χ2n) is 4.20. The highest BCUT2D eigenvalue weighted by Gasteiger charge is 2.15. The molecule has 0 spiro atoms. The van der Waals surface area contributed by atoms with Gasteiger partial charge in [0.2, 0.25) is 0 Å². The van der Waals surface area contributed by atoms with Crippen LogP contribution in [-0.2, 0) is 6.42 Å². The Morgan fingerprint density at radius 2 is 1.79 bits per heavy atom. The SMILES string of the molecule is NC(Cc1ccc(F)c(Cl)c1)c1cccc(F)c1F. The van der Waals surface area contributed by atoms with Crippen LogP contribution in [0.5, 0.6) is 0 Å². The Hall–Kier alpha value is -1.52. The Morgan fingerprint density at radius 3 is 2.47 bits per heavy atom. The van der Waals surface area contributed by atoms with Gasteiger partial charge in [0.05, 0.1) is 5.02 Å². The summed E-state index contributed by atoms with van der Waals surface area (Å²) in [6.45, 7) is 0. The van der Waals surface area contributed by atoms with Crippen LogP contribution < -0.4 is 5.73 Å². The van der Waals surface area contributed by atoms with E-state index >= 15 is 0 Å². The average molecular weight is 286 g/mol. The highest BCUT2D eigenvalue weighted by Crippen LogP contribution is 2.23. The molecular weight excluding hydrogens is 275 g/mol. The first-order valence-corrected chi connectivity index (χ1v) is 6.00. The van der Waals surface area contributed by atoms with Gasteiger partial charge in [0, 0.05) is 11.6 Å². The summed E-state index contributed by atoms with van der Waals surface area (Å²) in [5.74, 6) is -2.43. The Kier molecular flexibility index (Phi) is 4.12. The van der Waals surface area contributed by atoms with Gasteiger partial charge in [-0.2, -0.15) is 0 Å². The summed E-state index contributed by atoms with van der Waals surface area (Å²) in [5.41, 5.74) is 6.58. The van der Waals surface area contributed by atoms with E-state index in [-0.39, 0.29) is 17.0 Å². The Morgan fingerprint density at radius 1 is 1.05 bits per heavy atom. The molecule has 0 heterocycles. The molecule has 0 aromatic heterocycles. The van der Waals surface area contributed by atoms with E-state index in [0.717, 1.165) is 6.07 Å². The van der Waals surface area contributed by atoms with E-state index in [0.29, 0.717) is 5.56 Å². The molecule has 0 amide bonds. The number of halogens is 4. The van der Waals surface area contributed by atoms with Crippen LogP contribution in [0.3, 0.4) is 0 Å². The van der Waals surface area contributed by atoms with E-state index in [1.54, 1.807) is 0 Å². The summed E-state index contributed by atoms with van der Waals surface area (Å²) in [5, 5.41) is -0.0237. The molecule has 0 aliphatic rings. The zero-order valence-corrected chi connectivity index (χ0v) is 10.6. The lowest BCUT2D eigenvalue weighted by molar-refractivity contribution is 0.488. The zero-order chi connectivity index (χ0) is 14.0. The van der Waals surface area contributed by atoms with Gasteiger partial charge in [-0.25, -0.2) is 13.2 Å². The minimum Gasteiger partial charge on any atom is -0.324 e. The first-order valence-electron chi connectivity index (χ1n) is 5.62. The fourth-order valence-corrected chi connectivity index (χ4v) is 2.04. The van der Waals surface area contributed by atoms with Crippen molar-refractivity contribution < 1.29 is 13.2 Å². The van der Waals surface area contributed by atoms with E-state index in [9.17, 15) is 13.2 Å². The molecular formula is C14H11ClF3N. The number of hydrogen-bond acceptors (Lipinski definition) is 1. The van der Waals surface area contributed by atoms with Crippen LogP contribution in [0, 0.1) is 17.5 Å². The highest BCUT2D eigenvalue weighted by molar-refractivity contribution is 6.30. The van der Waals surface area contributed by atoms with E-state index in [2.05, 4.69) is 0 Å². The van der Waals surface area contributed by atoms with Gasteiger partial charge in [-0.3, -0.25) is 0 Å². The minimum absolute atomic E-state index is 0.0237. The van der Waals surface area contributed by atoms with Gasteiger partial charge >= 0.3 is 0 Å². The fraction of sp³-hybridized carbons (Fsp3) is 0.143. The predicted octanol–water partition coefficient (Wildman–Crippen LogP) is 4.00. The monoisotopic (exact) mass is 285 g/mol. The largest absolute Gasteiger partial charge is 0.324 e. The average Bonchev–Trinajstić information content (AvgIpc) is 2.37. The third-order valence-electron chi connectivity index (χ3n) is 2.82. The first-order chi connectivity index (χ1) is 8.99. The van der Waals surface area contributed by atoms with E-state index < -0.39 is 23.5 Å². The standard InChI is InChI=1S/C14H11ClF3N/c15-10-6-8(4-5-11(10)16)7-13(19)9-2-1-3-12(17)14(9)18/h1-6,13H,7,19H2. The quantitative estimate of drug-likeness (QED) is 0.906. The molecule has 2 aromatic rings. The second-order valence-corrected chi connectivity index (χ2v) is 4.61.